The highest BCUT2D eigenvalue weighted by Gasteiger charge is 2.54. The molecule has 2 bridgehead atoms. The quantitative estimate of drug-likeness (QED) is 0.541. The first kappa shape index (κ1) is 10.5. The Balaban J connectivity index is 1.91. The van der Waals surface area contributed by atoms with Gasteiger partial charge in [-0.2, -0.15) is 0 Å². The lowest BCUT2D eigenvalue weighted by atomic mass is 9.85. The molecule has 16 heavy (non-hydrogen) atoms. The van der Waals surface area contributed by atoms with E-state index in [0.29, 0.717) is 11.1 Å². The number of rotatable bonds is 1. The Hall–Kier alpha value is -0.600. The molecule has 1 aromatic rings. The number of halogens is 1. The number of pyridine rings is 1. The van der Waals surface area contributed by atoms with E-state index in [1.165, 1.54) is 29.3 Å². The minimum absolute atomic E-state index is 0.598. The number of fused-ring (bicyclic) bond motifs is 2. The Kier molecular flexibility index (Phi) is 2.27. The van der Waals surface area contributed by atoms with E-state index in [4.69, 9.17) is 11.6 Å². The number of aromatic nitrogens is 1. The van der Waals surface area contributed by atoms with E-state index in [1.807, 2.05) is 12.3 Å². The van der Waals surface area contributed by atoms with Gasteiger partial charge in [-0.25, -0.2) is 4.98 Å². The van der Waals surface area contributed by atoms with E-state index in [0.717, 1.165) is 12.1 Å². The SMILES string of the molecule is C[N+]1(C)[C@@H]2CC[C@@H]1C(c1ccc(Cl)nc1)C2. The molecule has 86 valence electrons. The molecule has 0 aliphatic carbocycles. The molecule has 2 saturated heterocycles. The molecule has 2 aliphatic rings. The minimum Gasteiger partial charge on any atom is -0.323 e. The predicted octanol–water partition coefficient (Wildman–Crippen LogP) is 2.83. The zero-order chi connectivity index (χ0) is 11.3. The normalized spacial score (nSPS) is 35.6. The fraction of sp³-hybridized carbons (Fsp3) is 0.615. The van der Waals surface area contributed by atoms with Crippen LogP contribution in [0.5, 0.6) is 0 Å². The van der Waals surface area contributed by atoms with Gasteiger partial charge in [0.2, 0.25) is 0 Å². The monoisotopic (exact) mass is 237 g/mol. The highest BCUT2D eigenvalue weighted by Crippen LogP contribution is 2.49. The average Bonchev–Trinajstić information content (AvgIpc) is 2.68. The zero-order valence-corrected chi connectivity index (χ0v) is 10.6. The molecule has 0 spiro atoms. The predicted molar refractivity (Wildman–Crippen MR) is 65.5 cm³/mol. The van der Waals surface area contributed by atoms with Gasteiger partial charge in [0.25, 0.3) is 0 Å². The molecule has 2 aliphatic heterocycles. The lowest BCUT2D eigenvalue weighted by Crippen LogP contribution is -2.44. The summed E-state index contributed by atoms with van der Waals surface area (Å²) in [6.07, 6.45) is 6.05. The molecule has 2 nitrogen and oxygen atoms in total. The standard InChI is InChI=1S/C13H18ClN2/c1-16(2)10-4-5-12(16)11(7-10)9-3-6-13(14)15-8-9/h3,6,8,10-12H,4-5,7H2,1-2H3/q+1/t10-,11?,12-/m1/s1. The van der Waals surface area contributed by atoms with Crippen LogP contribution in [-0.4, -0.2) is 35.6 Å². The summed E-state index contributed by atoms with van der Waals surface area (Å²) in [4.78, 5) is 4.21. The number of hydrogen-bond donors (Lipinski definition) is 0. The zero-order valence-electron chi connectivity index (χ0n) is 9.86. The summed E-state index contributed by atoms with van der Waals surface area (Å²) in [5.41, 5.74) is 1.38. The van der Waals surface area contributed by atoms with Crippen molar-refractivity contribution >= 4 is 11.6 Å². The first-order chi connectivity index (χ1) is 7.59. The lowest BCUT2D eigenvalue weighted by Gasteiger charge is -2.31. The van der Waals surface area contributed by atoms with Crippen molar-refractivity contribution in [1.82, 2.24) is 4.98 Å². The topological polar surface area (TPSA) is 12.9 Å². The average molecular weight is 238 g/mol. The Labute approximate surface area is 102 Å². The molecule has 3 atom stereocenters. The largest absolute Gasteiger partial charge is 0.323 e. The van der Waals surface area contributed by atoms with Gasteiger partial charge in [0.15, 0.2) is 0 Å². The van der Waals surface area contributed by atoms with Gasteiger partial charge < -0.3 is 4.48 Å². The first-order valence-corrected chi connectivity index (χ1v) is 6.41. The molecule has 2 fully saturated rings. The molecule has 3 heteroatoms. The van der Waals surface area contributed by atoms with Crippen LogP contribution >= 0.6 is 11.6 Å². The van der Waals surface area contributed by atoms with Crippen molar-refractivity contribution < 1.29 is 4.48 Å². The second kappa shape index (κ2) is 3.44. The molecule has 1 aromatic heterocycles. The third-order valence-corrected chi connectivity index (χ3v) is 4.98. The first-order valence-electron chi connectivity index (χ1n) is 6.04. The molecule has 3 heterocycles. The van der Waals surface area contributed by atoms with Crippen molar-refractivity contribution in [3.8, 4) is 0 Å². The summed E-state index contributed by atoms with van der Waals surface area (Å²) >= 11 is 5.84. The number of nitrogens with zero attached hydrogens (tertiary/aromatic N) is 2. The molecule has 0 N–H and O–H groups in total. The van der Waals surface area contributed by atoms with Crippen molar-refractivity contribution in [2.75, 3.05) is 14.1 Å². The summed E-state index contributed by atoms with van der Waals surface area (Å²) in [7, 11) is 4.76. The summed E-state index contributed by atoms with van der Waals surface area (Å²) in [6.45, 7) is 0. The summed E-state index contributed by atoms with van der Waals surface area (Å²) < 4.78 is 1.20. The Morgan fingerprint density at radius 3 is 2.62 bits per heavy atom. The fourth-order valence-electron chi connectivity index (χ4n) is 3.77. The van der Waals surface area contributed by atoms with Crippen LogP contribution in [0.3, 0.4) is 0 Å². The number of hydrogen-bond acceptors (Lipinski definition) is 1. The lowest BCUT2D eigenvalue weighted by molar-refractivity contribution is -0.912. The van der Waals surface area contributed by atoms with E-state index < -0.39 is 0 Å². The van der Waals surface area contributed by atoms with Crippen LogP contribution in [0.2, 0.25) is 5.15 Å². The second-order valence-corrected chi connectivity index (χ2v) is 6.07. The van der Waals surface area contributed by atoms with Gasteiger partial charge in [0, 0.05) is 31.4 Å². The van der Waals surface area contributed by atoms with Crippen LogP contribution in [-0.2, 0) is 0 Å². The molecule has 0 amide bonds. The Bertz CT molecular complexity index is 399. The maximum absolute atomic E-state index is 5.84. The number of quaternary nitrogens is 1. The smallest absolute Gasteiger partial charge is 0.129 e. The highest BCUT2D eigenvalue weighted by molar-refractivity contribution is 6.29. The van der Waals surface area contributed by atoms with Crippen LogP contribution in [0.1, 0.15) is 30.7 Å². The summed E-state index contributed by atoms with van der Waals surface area (Å²) in [6, 6.07) is 5.71. The van der Waals surface area contributed by atoms with E-state index >= 15 is 0 Å². The summed E-state index contributed by atoms with van der Waals surface area (Å²) in [5.74, 6) is 0.693. The summed E-state index contributed by atoms with van der Waals surface area (Å²) in [5, 5.41) is 0.598. The molecule has 0 aromatic carbocycles. The van der Waals surface area contributed by atoms with Gasteiger partial charge in [0.1, 0.15) is 5.15 Å². The van der Waals surface area contributed by atoms with E-state index in [2.05, 4.69) is 25.1 Å². The van der Waals surface area contributed by atoms with Crippen LogP contribution in [0.15, 0.2) is 18.3 Å². The van der Waals surface area contributed by atoms with Gasteiger partial charge in [-0.1, -0.05) is 17.7 Å². The maximum atomic E-state index is 5.84. The number of likely N-dealkylation sites (N-methyl/N-ethyl adjacent to an activating group) is 1. The fourth-order valence-corrected chi connectivity index (χ4v) is 3.88. The Morgan fingerprint density at radius 2 is 2.12 bits per heavy atom. The van der Waals surface area contributed by atoms with Gasteiger partial charge in [-0.15, -0.1) is 0 Å². The van der Waals surface area contributed by atoms with E-state index in [1.54, 1.807) is 0 Å². The van der Waals surface area contributed by atoms with E-state index in [-0.39, 0.29) is 0 Å². The van der Waals surface area contributed by atoms with Crippen molar-refractivity contribution in [3.63, 3.8) is 0 Å². The van der Waals surface area contributed by atoms with Gasteiger partial charge in [-0.3, -0.25) is 0 Å². The second-order valence-electron chi connectivity index (χ2n) is 5.68. The molecule has 1 unspecified atom stereocenters. The van der Waals surface area contributed by atoms with Crippen LogP contribution < -0.4 is 0 Å². The van der Waals surface area contributed by atoms with Crippen molar-refractivity contribution in [2.45, 2.75) is 37.3 Å². The van der Waals surface area contributed by atoms with Gasteiger partial charge in [-0.05, 0) is 11.6 Å². The molecule has 3 rings (SSSR count). The maximum Gasteiger partial charge on any atom is 0.129 e. The van der Waals surface area contributed by atoms with Crippen LogP contribution in [0.25, 0.3) is 0 Å². The van der Waals surface area contributed by atoms with Crippen molar-refractivity contribution in [2.24, 2.45) is 0 Å². The van der Waals surface area contributed by atoms with Gasteiger partial charge >= 0.3 is 0 Å². The Morgan fingerprint density at radius 1 is 1.31 bits per heavy atom. The highest BCUT2D eigenvalue weighted by atomic mass is 35.5. The molecule has 0 radical (unpaired) electrons. The van der Waals surface area contributed by atoms with Crippen molar-refractivity contribution in [1.29, 1.82) is 0 Å². The third kappa shape index (κ3) is 1.40. The van der Waals surface area contributed by atoms with Gasteiger partial charge in [0.05, 0.1) is 26.2 Å². The molecule has 0 saturated carbocycles. The molecular weight excluding hydrogens is 220 g/mol. The van der Waals surface area contributed by atoms with Crippen molar-refractivity contribution in [3.05, 3.63) is 29.0 Å². The van der Waals surface area contributed by atoms with Crippen LogP contribution in [0, 0.1) is 0 Å². The van der Waals surface area contributed by atoms with E-state index in [9.17, 15) is 0 Å². The minimum atomic E-state index is 0.598. The third-order valence-electron chi connectivity index (χ3n) is 4.76. The molecular formula is C13H18ClN2+. The van der Waals surface area contributed by atoms with Crippen LogP contribution in [0.4, 0.5) is 0 Å².